The summed E-state index contributed by atoms with van der Waals surface area (Å²) < 4.78 is 68.2. The molecule has 0 fully saturated rings. The third kappa shape index (κ3) is 60.3. The van der Waals surface area contributed by atoms with Crippen LogP contribution in [0.15, 0.2) is 0 Å². The number of aliphatic hydroxyl groups is 1. The molecule has 0 radical (unpaired) electrons. The predicted molar refractivity (Wildman–Crippen MR) is 354 cm³/mol. The molecule has 0 saturated carbocycles. The second-order valence-corrected chi connectivity index (χ2v) is 29.3. The van der Waals surface area contributed by atoms with Crippen LogP contribution in [0.25, 0.3) is 0 Å². The lowest BCUT2D eigenvalue weighted by Gasteiger charge is -2.21. The van der Waals surface area contributed by atoms with Gasteiger partial charge in [0.1, 0.15) is 19.3 Å². The van der Waals surface area contributed by atoms with Crippen molar-refractivity contribution in [2.24, 2.45) is 23.7 Å². The van der Waals surface area contributed by atoms with E-state index in [1.807, 2.05) is 0 Å². The number of esters is 4. The molecule has 0 spiro atoms. The molecule has 522 valence electrons. The first kappa shape index (κ1) is 86.1. The van der Waals surface area contributed by atoms with Gasteiger partial charge in [-0.3, -0.25) is 37.3 Å². The number of rotatable bonds is 66. The van der Waals surface area contributed by atoms with Gasteiger partial charge in [-0.15, -0.1) is 0 Å². The van der Waals surface area contributed by atoms with Gasteiger partial charge in [0.2, 0.25) is 0 Å². The summed E-state index contributed by atoms with van der Waals surface area (Å²) in [5.41, 5.74) is 0. The van der Waals surface area contributed by atoms with E-state index in [-0.39, 0.29) is 25.7 Å². The van der Waals surface area contributed by atoms with Gasteiger partial charge in [0.05, 0.1) is 26.4 Å². The van der Waals surface area contributed by atoms with Gasteiger partial charge < -0.3 is 33.8 Å². The molecule has 5 unspecified atom stereocenters. The highest BCUT2D eigenvalue weighted by atomic mass is 31.2. The first-order chi connectivity index (χ1) is 42.2. The van der Waals surface area contributed by atoms with Crippen molar-refractivity contribution in [3.63, 3.8) is 0 Å². The number of phosphoric acid groups is 2. The number of aliphatic hydroxyl groups excluding tert-OH is 1. The summed E-state index contributed by atoms with van der Waals surface area (Å²) in [7, 11) is -9.90. The molecule has 0 aromatic carbocycles. The molecule has 0 bridgehead atoms. The maximum atomic E-state index is 13.0. The zero-order valence-electron chi connectivity index (χ0n) is 57.3. The second kappa shape index (κ2) is 58.8. The number of carbonyl (C=O) groups excluding carboxylic acids is 4. The lowest BCUT2D eigenvalue weighted by atomic mass is 9.99. The van der Waals surface area contributed by atoms with Crippen LogP contribution in [-0.2, 0) is 65.4 Å². The van der Waals surface area contributed by atoms with Crippen LogP contribution in [-0.4, -0.2) is 96.7 Å². The van der Waals surface area contributed by atoms with E-state index in [9.17, 15) is 43.2 Å². The molecule has 0 saturated heterocycles. The maximum absolute atomic E-state index is 13.0. The van der Waals surface area contributed by atoms with E-state index >= 15 is 0 Å². The molecule has 0 aliphatic rings. The van der Waals surface area contributed by atoms with Crippen LogP contribution in [0.2, 0.25) is 0 Å². The van der Waals surface area contributed by atoms with Crippen LogP contribution in [0.4, 0.5) is 0 Å². The number of ether oxygens (including phenoxy) is 4. The Balaban J connectivity index is 5.26. The Morgan fingerprint density at radius 1 is 0.318 bits per heavy atom. The summed E-state index contributed by atoms with van der Waals surface area (Å²) >= 11 is 0. The van der Waals surface area contributed by atoms with Gasteiger partial charge in [-0.1, -0.05) is 287 Å². The molecule has 88 heavy (non-hydrogen) atoms. The number of hydrogen-bond acceptors (Lipinski definition) is 15. The van der Waals surface area contributed by atoms with E-state index in [1.165, 1.54) is 141 Å². The largest absolute Gasteiger partial charge is 0.472 e. The van der Waals surface area contributed by atoms with Crippen LogP contribution in [0.5, 0.6) is 0 Å². The Hall–Kier alpha value is -1.94. The van der Waals surface area contributed by atoms with Crippen LogP contribution < -0.4 is 0 Å². The summed E-state index contributed by atoms with van der Waals surface area (Å²) in [6.07, 6.45) is 40.3. The standard InChI is InChI=1S/C69H134O17P2/c1-9-61(7)47-39-31-23-16-12-14-18-26-35-43-51-68(73)85-64(55-80-67(72)50-42-34-25-20-19-22-30-38-46-60(5)6)57-83-87(75,76)81-53-63(70)54-82-88(77,78)84-58-65(86-69(74)52-44-36-28-27-32-40-48-62(8)10-2)56-79-66(71)49-41-33-24-17-13-11-15-21-29-37-45-59(3)4/h59-65,70H,9-58H2,1-8H3,(H,75,76)(H,77,78)/t61?,62?,63?,64-,65-/m1/s1. The van der Waals surface area contributed by atoms with Crippen molar-refractivity contribution in [2.45, 2.75) is 356 Å². The molecule has 17 nitrogen and oxygen atoms in total. The number of carbonyl (C=O) groups is 4. The quantitative estimate of drug-likeness (QED) is 0.0222. The summed E-state index contributed by atoms with van der Waals surface area (Å²) in [6, 6.07) is 0. The van der Waals surface area contributed by atoms with E-state index in [0.29, 0.717) is 25.7 Å². The fourth-order valence-electron chi connectivity index (χ4n) is 10.2. The molecule has 0 amide bonds. The van der Waals surface area contributed by atoms with Crippen molar-refractivity contribution in [1.82, 2.24) is 0 Å². The van der Waals surface area contributed by atoms with Gasteiger partial charge in [0, 0.05) is 25.7 Å². The monoisotopic (exact) mass is 1300 g/mol. The highest BCUT2D eigenvalue weighted by Gasteiger charge is 2.30. The summed E-state index contributed by atoms with van der Waals surface area (Å²) in [5, 5.41) is 10.6. The molecule has 0 rings (SSSR count). The van der Waals surface area contributed by atoms with Crippen molar-refractivity contribution in [1.29, 1.82) is 0 Å². The average Bonchev–Trinajstić information content (AvgIpc) is 3.57. The molecular weight excluding hydrogens is 1160 g/mol. The van der Waals surface area contributed by atoms with Gasteiger partial charge in [-0.25, -0.2) is 9.13 Å². The molecule has 0 aliphatic heterocycles. The third-order valence-corrected chi connectivity index (χ3v) is 18.4. The summed E-state index contributed by atoms with van der Waals surface area (Å²) in [6.45, 7) is 14.1. The molecule has 0 aliphatic carbocycles. The first-order valence-electron chi connectivity index (χ1n) is 35.8. The van der Waals surface area contributed by atoms with Crippen LogP contribution in [0.3, 0.4) is 0 Å². The SMILES string of the molecule is CCC(C)CCCCCCCCCCCCC(=O)O[C@H](COC(=O)CCCCCCCCCCC(C)C)COP(=O)(O)OCC(O)COP(=O)(O)OC[C@@H](COC(=O)CCCCCCCCCCCCC(C)C)OC(=O)CCCCCCCCC(C)CC. The van der Waals surface area contributed by atoms with Gasteiger partial charge >= 0.3 is 39.5 Å². The maximum Gasteiger partial charge on any atom is 0.472 e. The minimum absolute atomic E-state index is 0.102. The van der Waals surface area contributed by atoms with Crippen molar-refractivity contribution in [3.8, 4) is 0 Å². The molecule has 0 aromatic rings. The van der Waals surface area contributed by atoms with E-state index in [0.717, 1.165) is 114 Å². The van der Waals surface area contributed by atoms with Gasteiger partial charge in [0.25, 0.3) is 0 Å². The number of unbranched alkanes of at least 4 members (excludes halogenated alkanes) is 30. The second-order valence-electron chi connectivity index (χ2n) is 26.4. The normalized spacial score (nSPS) is 14.9. The molecule has 7 atom stereocenters. The van der Waals surface area contributed by atoms with Gasteiger partial charge in [-0.05, 0) is 49.4 Å². The Morgan fingerprint density at radius 3 is 0.807 bits per heavy atom. The zero-order valence-corrected chi connectivity index (χ0v) is 59.1. The molecule has 0 aromatic heterocycles. The van der Waals surface area contributed by atoms with Gasteiger partial charge in [0.15, 0.2) is 12.2 Å². The van der Waals surface area contributed by atoms with E-state index in [1.54, 1.807) is 0 Å². The van der Waals surface area contributed by atoms with Crippen molar-refractivity contribution < 1.29 is 80.2 Å². The predicted octanol–water partition coefficient (Wildman–Crippen LogP) is 19.3. The molecule has 0 heterocycles. The van der Waals surface area contributed by atoms with E-state index in [2.05, 4.69) is 55.4 Å². The summed E-state index contributed by atoms with van der Waals surface area (Å²) in [4.78, 5) is 72.5. The van der Waals surface area contributed by atoms with Gasteiger partial charge in [-0.2, -0.15) is 0 Å². The van der Waals surface area contributed by atoms with E-state index < -0.39 is 97.5 Å². The van der Waals surface area contributed by atoms with Crippen LogP contribution in [0, 0.1) is 23.7 Å². The number of phosphoric ester groups is 2. The average molecular weight is 1300 g/mol. The van der Waals surface area contributed by atoms with Crippen molar-refractivity contribution >= 4 is 39.5 Å². The minimum Gasteiger partial charge on any atom is -0.462 e. The topological polar surface area (TPSA) is 237 Å². The zero-order chi connectivity index (χ0) is 65.4. The van der Waals surface area contributed by atoms with E-state index in [4.69, 9.17) is 37.0 Å². The van der Waals surface area contributed by atoms with Crippen molar-refractivity contribution in [3.05, 3.63) is 0 Å². The highest BCUT2D eigenvalue weighted by Crippen LogP contribution is 2.45. The Morgan fingerprint density at radius 2 is 0.545 bits per heavy atom. The minimum atomic E-state index is -4.95. The fourth-order valence-corrected chi connectivity index (χ4v) is 11.8. The summed E-state index contributed by atoms with van der Waals surface area (Å²) in [5.74, 6) is 0.875. The first-order valence-corrected chi connectivity index (χ1v) is 38.8. The molecular formula is C69H134O17P2. The third-order valence-electron chi connectivity index (χ3n) is 16.5. The van der Waals surface area contributed by atoms with Crippen LogP contribution in [0.1, 0.15) is 338 Å². The number of hydrogen-bond donors (Lipinski definition) is 3. The lowest BCUT2D eigenvalue weighted by molar-refractivity contribution is -0.161. The highest BCUT2D eigenvalue weighted by molar-refractivity contribution is 7.47. The molecule has 3 N–H and O–H groups in total. The Labute approximate surface area is 537 Å². The smallest absolute Gasteiger partial charge is 0.462 e. The fraction of sp³-hybridized carbons (Fsp3) is 0.942. The Kier molecular flexibility index (Phi) is 57.6. The lowest BCUT2D eigenvalue weighted by Crippen LogP contribution is -2.30. The van der Waals surface area contributed by atoms with Crippen molar-refractivity contribution in [2.75, 3.05) is 39.6 Å². The van der Waals surface area contributed by atoms with Crippen LogP contribution >= 0.6 is 15.6 Å². The Bertz CT molecular complexity index is 1750. The molecule has 19 heteroatoms.